The molecule has 3 rings (SSSR count). The highest BCUT2D eigenvalue weighted by Crippen LogP contribution is 2.40. The fourth-order valence-electron chi connectivity index (χ4n) is 3.34. The van der Waals surface area contributed by atoms with Gasteiger partial charge in [-0.15, -0.1) is 0 Å². The Kier molecular flexibility index (Phi) is 5.33. The number of rotatable bonds is 6. The molecule has 0 heterocycles. The summed E-state index contributed by atoms with van der Waals surface area (Å²) in [7, 11) is 1.58. The van der Waals surface area contributed by atoms with Gasteiger partial charge in [-0.1, -0.05) is 91.0 Å². The normalized spacial score (nSPS) is 11.8. The Labute approximate surface area is 154 Å². The molecule has 0 amide bonds. The minimum Gasteiger partial charge on any atom is -0.501 e. The summed E-state index contributed by atoms with van der Waals surface area (Å²) >= 11 is 0. The van der Waals surface area contributed by atoms with Crippen molar-refractivity contribution in [3.63, 3.8) is 0 Å². The number of methoxy groups -OCH3 is 1. The summed E-state index contributed by atoms with van der Waals surface area (Å²) in [6, 6.07) is 29.7. The monoisotopic (exact) mass is 342 g/mol. The van der Waals surface area contributed by atoms with Gasteiger partial charge in [0, 0.05) is 6.08 Å². The molecular formula is C24H22O2. The van der Waals surface area contributed by atoms with Crippen molar-refractivity contribution < 1.29 is 9.53 Å². The Morgan fingerprint density at radius 3 is 1.38 bits per heavy atom. The Morgan fingerprint density at radius 2 is 1.08 bits per heavy atom. The van der Waals surface area contributed by atoms with Crippen molar-refractivity contribution in [1.29, 1.82) is 0 Å². The van der Waals surface area contributed by atoms with Gasteiger partial charge in [0.25, 0.3) is 0 Å². The van der Waals surface area contributed by atoms with Gasteiger partial charge in [0.05, 0.1) is 12.9 Å². The van der Waals surface area contributed by atoms with Crippen LogP contribution in [0.5, 0.6) is 0 Å². The van der Waals surface area contributed by atoms with Crippen LogP contribution in [0.3, 0.4) is 0 Å². The van der Waals surface area contributed by atoms with Crippen molar-refractivity contribution in [3.05, 3.63) is 120 Å². The van der Waals surface area contributed by atoms with E-state index in [2.05, 4.69) is 0 Å². The van der Waals surface area contributed by atoms with Gasteiger partial charge in [-0.25, -0.2) is 0 Å². The van der Waals surface area contributed by atoms with Crippen molar-refractivity contribution in [2.24, 2.45) is 0 Å². The van der Waals surface area contributed by atoms with Crippen LogP contribution in [-0.4, -0.2) is 12.9 Å². The lowest BCUT2D eigenvalue weighted by Crippen LogP contribution is -2.37. The van der Waals surface area contributed by atoms with Crippen LogP contribution >= 0.6 is 0 Å². The van der Waals surface area contributed by atoms with Gasteiger partial charge in [0.15, 0.2) is 5.78 Å². The smallest absolute Gasteiger partial charge is 0.178 e. The second kappa shape index (κ2) is 7.83. The summed E-state index contributed by atoms with van der Waals surface area (Å²) < 4.78 is 5.26. The predicted molar refractivity (Wildman–Crippen MR) is 105 cm³/mol. The largest absolute Gasteiger partial charge is 0.501 e. The zero-order chi connectivity index (χ0) is 18.4. The molecule has 130 valence electrons. The lowest BCUT2D eigenvalue weighted by Gasteiger charge is -2.33. The number of carbonyl (C=O) groups is 1. The third-order valence-electron chi connectivity index (χ3n) is 4.65. The zero-order valence-corrected chi connectivity index (χ0v) is 15.1. The number of hydrogen-bond donors (Lipinski definition) is 0. The molecule has 0 fully saturated rings. The molecule has 0 aliphatic carbocycles. The van der Waals surface area contributed by atoms with E-state index in [1.807, 2.05) is 91.0 Å². The van der Waals surface area contributed by atoms with E-state index in [1.165, 1.54) is 0 Å². The first-order valence-corrected chi connectivity index (χ1v) is 8.63. The molecule has 0 bridgehead atoms. The molecule has 0 saturated heterocycles. The molecule has 3 aromatic carbocycles. The van der Waals surface area contributed by atoms with E-state index in [4.69, 9.17) is 4.74 Å². The lowest BCUT2D eigenvalue weighted by molar-refractivity contribution is -0.117. The zero-order valence-electron chi connectivity index (χ0n) is 15.1. The highest BCUT2D eigenvalue weighted by molar-refractivity contribution is 6.05. The minimum atomic E-state index is -0.927. The maximum atomic E-state index is 13.7. The van der Waals surface area contributed by atoms with Gasteiger partial charge in [-0.3, -0.25) is 4.79 Å². The molecule has 2 heteroatoms. The number of hydrogen-bond acceptors (Lipinski definition) is 2. The lowest BCUT2D eigenvalue weighted by atomic mass is 9.66. The average molecular weight is 342 g/mol. The summed E-state index contributed by atoms with van der Waals surface area (Å²) in [5, 5.41) is 0. The van der Waals surface area contributed by atoms with Crippen molar-refractivity contribution in [2.45, 2.75) is 12.3 Å². The first-order chi connectivity index (χ1) is 12.7. The summed E-state index contributed by atoms with van der Waals surface area (Å²) in [6.45, 7) is 1.80. The molecular weight excluding hydrogens is 320 g/mol. The molecule has 26 heavy (non-hydrogen) atoms. The fraction of sp³-hybridized carbons (Fsp3) is 0.125. The molecule has 0 atom stereocenters. The number of ether oxygens (including phenoxy) is 1. The molecule has 0 saturated carbocycles. The summed E-state index contributed by atoms with van der Waals surface area (Å²) in [6.07, 6.45) is 1.59. The molecule has 2 nitrogen and oxygen atoms in total. The van der Waals surface area contributed by atoms with Crippen LogP contribution in [0.15, 0.2) is 103 Å². The van der Waals surface area contributed by atoms with E-state index in [1.54, 1.807) is 20.1 Å². The SMILES string of the molecule is CO/C(C)=C\C(=O)C(c1ccccc1)(c1ccccc1)c1ccccc1. The van der Waals surface area contributed by atoms with Gasteiger partial charge in [0.2, 0.25) is 0 Å². The Balaban J connectivity index is 2.37. The van der Waals surface area contributed by atoms with Crippen LogP contribution in [0, 0.1) is 0 Å². The highest BCUT2D eigenvalue weighted by Gasteiger charge is 2.42. The molecule has 0 spiro atoms. The maximum Gasteiger partial charge on any atom is 0.178 e. The molecule has 0 radical (unpaired) electrons. The summed E-state index contributed by atoms with van der Waals surface area (Å²) in [4.78, 5) is 13.7. The second-order valence-electron chi connectivity index (χ2n) is 6.17. The van der Waals surface area contributed by atoms with E-state index in [-0.39, 0.29) is 5.78 Å². The van der Waals surface area contributed by atoms with E-state index in [9.17, 15) is 4.79 Å². The van der Waals surface area contributed by atoms with Crippen molar-refractivity contribution in [2.75, 3.05) is 7.11 Å². The third kappa shape index (κ3) is 3.18. The standard InChI is InChI=1S/C24H22O2/c1-19(26-2)18-23(25)24(20-12-6-3-7-13-20,21-14-8-4-9-15-21)22-16-10-5-11-17-22/h3-18H,1-2H3/b19-18-. The van der Waals surface area contributed by atoms with Gasteiger partial charge in [-0.05, 0) is 23.6 Å². The van der Waals surface area contributed by atoms with Crippen molar-refractivity contribution >= 4 is 5.78 Å². The van der Waals surface area contributed by atoms with Gasteiger partial charge in [0.1, 0.15) is 5.41 Å². The van der Waals surface area contributed by atoms with Crippen molar-refractivity contribution in [3.8, 4) is 0 Å². The van der Waals surface area contributed by atoms with Crippen LogP contribution in [0.4, 0.5) is 0 Å². The quantitative estimate of drug-likeness (QED) is 0.352. The first-order valence-electron chi connectivity index (χ1n) is 8.63. The van der Waals surface area contributed by atoms with Gasteiger partial charge in [-0.2, -0.15) is 0 Å². The first kappa shape index (κ1) is 17.7. The molecule has 0 unspecified atom stereocenters. The molecule has 0 aliphatic rings. The van der Waals surface area contributed by atoms with E-state index < -0.39 is 5.41 Å². The fourth-order valence-corrected chi connectivity index (χ4v) is 3.34. The van der Waals surface area contributed by atoms with Crippen LogP contribution in [0.25, 0.3) is 0 Å². The predicted octanol–water partition coefficient (Wildman–Crippen LogP) is 5.14. The van der Waals surface area contributed by atoms with Gasteiger partial charge < -0.3 is 4.74 Å². The molecule has 0 aliphatic heterocycles. The highest BCUT2D eigenvalue weighted by atomic mass is 16.5. The molecule has 0 N–H and O–H groups in total. The minimum absolute atomic E-state index is 0.0274. The topological polar surface area (TPSA) is 26.3 Å². The van der Waals surface area contributed by atoms with E-state index in [0.717, 1.165) is 16.7 Å². The maximum absolute atomic E-state index is 13.7. The Hall–Kier alpha value is -3.13. The Morgan fingerprint density at radius 1 is 0.731 bits per heavy atom. The average Bonchev–Trinajstić information content (AvgIpc) is 2.71. The van der Waals surface area contributed by atoms with Crippen LogP contribution in [-0.2, 0) is 14.9 Å². The number of carbonyl (C=O) groups excluding carboxylic acids is 1. The Bertz CT molecular complexity index is 785. The van der Waals surface area contributed by atoms with E-state index >= 15 is 0 Å². The molecule has 3 aromatic rings. The van der Waals surface area contributed by atoms with Crippen LogP contribution in [0.1, 0.15) is 23.6 Å². The van der Waals surface area contributed by atoms with Crippen molar-refractivity contribution in [1.82, 2.24) is 0 Å². The van der Waals surface area contributed by atoms with Crippen LogP contribution in [0.2, 0.25) is 0 Å². The van der Waals surface area contributed by atoms with Gasteiger partial charge >= 0.3 is 0 Å². The summed E-state index contributed by atoms with van der Waals surface area (Å²) in [5.74, 6) is 0.558. The molecule has 0 aromatic heterocycles. The number of benzene rings is 3. The van der Waals surface area contributed by atoms with E-state index in [0.29, 0.717) is 5.76 Å². The number of ketones is 1. The summed E-state index contributed by atoms with van der Waals surface area (Å²) in [5.41, 5.74) is 1.87. The number of allylic oxidation sites excluding steroid dienone is 2. The second-order valence-corrected chi connectivity index (χ2v) is 6.17. The third-order valence-corrected chi connectivity index (χ3v) is 4.65. The van der Waals surface area contributed by atoms with Crippen LogP contribution < -0.4 is 0 Å².